The molecule has 0 radical (unpaired) electrons. The van der Waals surface area contributed by atoms with Gasteiger partial charge in [-0.15, -0.1) is 0 Å². The average molecular weight is 297 g/mol. The van der Waals surface area contributed by atoms with Gasteiger partial charge in [0.05, 0.1) is 14.2 Å². The van der Waals surface area contributed by atoms with Gasteiger partial charge in [-0.2, -0.15) is 5.26 Å². The number of aryl methyl sites for hydroxylation is 1. The maximum absolute atomic E-state index is 9.52. The molecule has 0 amide bonds. The summed E-state index contributed by atoms with van der Waals surface area (Å²) in [5.74, 6) is 1.59. The van der Waals surface area contributed by atoms with Gasteiger partial charge in [-0.1, -0.05) is 6.92 Å². The first-order valence-electron chi connectivity index (χ1n) is 6.98. The predicted molar refractivity (Wildman–Crippen MR) is 86.0 cm³/mol. The summed E-state index contributed by atoms with van der Waals surface area (Å²) in [6, 6.07) is 7.66. The normalized spacial score (nSPS) is 10.1. The van der Waals surface area contributed by atoms with Crippen LogP contribution in [0.3, 0.4) is 0 Å². The molecule has 1 aromatic heterocycles. The minimum atomic E-state index is 0.233. The van der Waals surface area contributed by atoms with Gasteiger partial charge >= 0.3 is 0 Å². The van der Waals surface area contributed by atoms with Crippen molar-refractivity contribution < 1.29 is 9.47 Å². The highest BCUT2D eigenvalue weighted by atomic mass is 16.5. The van der Waals surface area contributed by atoms with Crippen LogP contribution in [0.15, 0.2) is 18.2 Å². The highest BCUT2D eigenvalue weighted by Gasteiger charge is 2.20. The zero-order valence-corrected chi connectivity index (χ0v) is 13.2. The molecular weight excluding hydrogens is 278 g/mol. The van der Waals surface area contributed by atoms with Crippen LogP contribution in [0.2, 0.25) is 0 Å². The molecule has 5 heteroatoms. The SMILES string of the molecule is CCc1c(C)nc(N)c(C#N)c1-c1cc(OC)ccc1OC. The Balaban J connectivity index is 2.90. The minimum Gasteiger partial charge on any atom is -0.497 e. The van der Waals surface area contributed by atoms with Crippen LogP contribution in [0.1, 0.15) is 23.7 Å². The molecule has 0 aliphatic carbocycles. The van der Waals surface area contributed by atoms with Crippen LogP contribution in [0.5, 0.6) is 11.5 Å². The molecule has 1 heterocycles. The fraction of sp³-hybridized carbons (Fsp3) is 0.294. The van der Waals surface area contributed by atoms with E-state index in [0.29, 0.717) is 17.1 Å². The Morgan fingerprint density at radius 1 is 1.27 bits per heavy atom. The second kappa shape index (κ2) is 6.35. The third-order valence-corrected chi connectivity index (χ3v) is 3.67. The molecule has 114 valence electrons. The Hall–Kier alpha value is -2.74. The first-order valence-corrected chi connectivity index (χ1v) is 6.98. The second-order valence-electron chi connectivity index (χ2n) is 4.84. The summed E-state index contributed by atoms with van der Waals surface area (Å²) in [6.07, 6.45) is 0.740. The Bertz CT molecular complexity index is 749. The fourth-order valence-electron chi connectivity index (χ4n) is 2.62. The van der Waals surface area contributed by atoms with Gasteiger partial charge in [0.2, 0.25) is 0 Å². The maximum Gasteiger partial charge on any atom is 0.142 e. The van der Waals surface area contributed by atoms with Crippen LogP contribution in [-0.4, -0.2) is 19.2 Å². The average Bonchev–Trinajstić information content (AvgIpc) is 2.53. The zero-order valence-electron chi connectivity index (χ0n) is 13.2. The number of nitrogens with zero attached hydrogens (tertiary/aromatic N) is 2. The first kappa shape index (κ1) is 15.6. The number of nitriles is 1. The molecule has 0 fully saturated rings. The third kappa shape index (κ3) is 2.56. The number of ether oxygens (including phenoxy) is 2. The van der Waals surface area contributed by atoms with E-state index in [0.717, 1.165) is 28.8 Å². The van der Waals surface area contributed by atoms with Crippen LogP contribution in [0.25, 0.3) is 11.1 Å². The lowest BCUT2D eigenvalue weighted by Crippen LogP contribution is -2.05. The van der Waals surface area contributed by atoms with E-state index in [1.807, 2.05) is 32.0 Å². The third-order valence-electron chi connectivity index (χ3n) is 3.67. The summed E-state index contributed by atoms with van der Waals surface area (Å²) >= 11 is 0. The van der Waals surface area contributed by atoms with Crippen molar-refractivity contribution in [3.05, 3.63) is 35.0 Å². The minimum absolute atomic E-state index is 0.233. The van der Waals surface area contributed by atoms with Crippen molar-refractivity contribution in [1.82, 2.24) is 4.98 Å². The summed E-state index contributed by atoms with van der Waals surface area (Å²) in [5.41, 5.74) is 9.68. The molecule has 2 aromatic rings. The lowest BCUT2D eigenvalue weighted by molar-refractivity contribution is 0.404. The van der Waals surface area contributed by atoms with Crippen molar-refractivity contribution >= 4 is 5.82 Å². The van der Waals surface area contributed by atoms with E-state index in [1.54, 1.807) is 14.2 Å². The standard InChI is InChI=1S/C17H19N3O2/c1-5-12-10(2)20-17(19)14(9-18)16(12)13-8-11(21-3)6-7-15(13)22-4/h6-8H,5H2,1-4H3,(H2,19,20). The van der Waals surface area contributed by atoms with Crippen LogP contribution in [0, 0.1) is 18.3 Å². The number of hydrogen-bond acceptors (Lipinski definition) is 5. The Kier molecular flexibility index (Phi) is 4.52. The molecule has 22 heavy (non-hydrogen) atoms. The molecule has 5 nitrogen and oxygen atoms in total. The number of anilines is 1. The van der Waals surface area contributed by atoms with Crippen LogP contribution in [-0.2, 0) is 6.42 Å². The molecule has 0 saturated heterocycles. The van der Waals surface area contributed by atoms with Crippen LogP contribution in [0.4, 0.5) is 5.82 Å². The number of nitrogens with two attached hydrogens (primary N) is 1. The maximum atomic E-state index is 9.52. The number of methoxy groups -OCH3 is 2. The van der Waals surface area contributed by atoms with E-state index in [-0.39, 0.29) is 5.82 Å². The van der Waals surface area contributed by atoms with Gasteiger partial charge in [0.1, 0.15) is 28.9 Å². The summed E-state index contributed by atoms with van der Waals surface area (Å²) < 4.78 is 10.7. The number of nitrogen functional groups attached to an aromatic ring is 1. The molecule has 0 atom stereocenters. The lowest BCUT2D eigenvalue weighted by Gasteiger charge is -2.17. The second-order valence-corrected chi connectivity index (χ2v) is 4.84. The summed E-state index contributed by atoms with van der Waals surface area (Å²) in [6.45, 7) is 3.92. The molecule has 0 unspecified atom stereocenters. The molecule has 0 saturated carbocycles. The molecule has 2 N–H and O–H groups in total. The summed E-state index contributed by atoms with van der Waals surface area (Å²) in [7, 11) is 3.20. The van der Waals surface area contributed by atoms with E-state index in [1.165, 1.54) is 0 Å². The molecule has 0 aliphatic rings. The van der Waals surface area contributed by atoms with Crippen molar-refractivity contribution in [2.75, 3.05) is 20.0 Å². The van der Waals surface area contributed by atoms with Crippen molar-refractivity contribution in [3.63, 3.8) is 0 Å². The number of benzene rings is 1. The molecule has 0 aliphatic heterocycles. The van der Waals surface area contributed by atoms with E-state index in [4.69, 9.17) is 15.2 Å². The van der Waals surface area contributed by atoms with Crippen molar-refractivity contribution in [1.29, 1.82) is 5.26 Å². The van der Waals surface area contributed by atoms with Gasteiger partial charge < -0.3 is 15.2 Å². The van der Waals surface area contributed by atoms with Crippen LogP contribution >= 0.6 is 0 Å². The molecule has 0 bridgehead atoms. The smallest absolute Gasteiger partial charge is 0.142 e. The number of aromatic nitrogens is 1. The highest BCUT2D eigenvalue weighted by molar-refractivity contribution is 5.83. The fourth-order valence-corrected chi connectivity index (χ4v) is 2.62. The largest absolute Gasteiger partial charge is 0.497 e. The van der Waals surface area contributed by atoms with Gasteiger partial charge in [0.15, 0.2) is 0 Å². The number of hydrogen-bond donors (Lipinski definition) is 1. The molecule has 2 rings (SSSR count). The van der Waals surface area contributed by atoms with E-state index in [2.05, 4.69) is 11.1 Å². The number of pyridine rings is 1. The molecule has 1 aromatic carbocycles. The van der Waals surface area contributed by atoms with Gasteiger partial charge in [-0.25, -0.2) is 4.98 Å². The quantitative estimate of drug-likeness (QED) is 0.937. The first-order chi connectivity index (χ1) is 10.6. The van der Waals surface area contributed by atoms with E-state index >= 15 is 0 Å². The summed E-state index contributed by atoms with van der Waals surface area (Å²) in [5, 5.41) is 9.52. The van der Waals surface area contributed by atoms with Gasteiger partial charge in [0.25, 0.3) is 0 Å². The monoisotopic (exact) mass is 297 g/mol. The Labute approximate surface area is 130 Å². The van der Waals surface area contributed by atoms with Crippen LogP contribution < -0.4 is 15.2 Å². The zero-order chi connectivity index (χ0) is 16.3. The summed E-state index contributed by atoms with van der Waals surface area (Å²) in [4.78, 5) is 4.28. The van der Waals surface area contributed by atoms with Gasteiger partial charge in [0, 0.05) is 16.8 Å². The van der Waals surface area contributed by atoms with Gasteiger partial charge in [-0.05, 0) is 37.1 Å². The number of rotatable bonds is 4. The predicted octanol–water partition coefficient (Wildman–Crippen LogP) is 3.09. The topological polar surface area (TPSA) is 81.2 Å². The van der Waals surface area contributed by atoms with Crippen molar-refractivity contribution in [2.24, 2.45) is 0 Å². The molecular formula is C17H19N3O2. The van der Waals surface area contributed by atoms with Crippen molar-refractivity contribution in [3.8, 4) is 28.7 Å². The molecule has 0 spiro atoms. The van der Waals surface area contributed by atoms with E-state index < -0.39 is 0 Å². The Morgan fingerprint density at radius 3 is 2.55 bits per heavy atom. The van der Waals surface area contributed by atoms with E-state index in [9.17, 15) is 5.26 Å². The Morgan fingerprint density at radius 2 is 2.00 bits per heavy atom. The van der Waals surface area contributed by atoms with Crippen molar-refractivity contribution in [2.45, 2.75) is 20.3 Å². The van der Waals surface area contributed by atoms with Gasteiger partial charge in [-0.3, -0.25) is 0 Å². The highest BCUT2D eigenvalue weighted by Crippen LogP contribution is 2.39. The lowest BCUT2D eigenvalue weighted by atomic mass is 9.92.